The number of rotatable bonds is 4. The number of nitrogens with zero attached hydrogens (tertiary/aromatic N) is 2. The third kappa shape index (κ3) is 4.36. The molecule has 7 heteroatoms. The number of carbonyl (C=O) groups excluding carboxylic acids is 3. The molecule has 0 bridgehead atoms. The summed E-state index contributed by atoms with van der Waals surface area (Å²) in [4.78, 5) is 39.9. The van der Waals surface area contributed by atoms with E-state index in [4.69, 9.17) is 0 Å². The van der Waals surface area contributed by atoms with Crippen molar-refractivity contribution in [1.29, 1.82) is 0 Å². The number of anilines is 2. The summed E-state index contributed by atoms with van der Waals surface area (Å²) >= 11 is 3.33. The van der Waals surface area contributed by atoms with E-state index in [1.165, 1.54) is 9.80 Å². The van der Waals surface area contributed by atoms with E-state index in [9.17, 15) is 14.4 Å². The fourth-order valence-electron chi connectivity index (χ4n) is 2.87. The maximum atomic E-state index is 12.5. The number of halogens is 1. The smallest absolute Gasteiger partial charge is 0.316 e. The lowest BCUT2D eigenvalue weighted by Crippen LogP contribution is -2.56. The summed E-state index contributed by atoms with van der Waals surface area (Å²) in [6.07, 6.45) is 0. The molecule has 6 nitrogen and oxygen atoms in total. The number of piperazine rings is 1. The highest BCUT2D eigenvalue weighted by molar-refractivity contribution is 9.10. The van der Waals surface area contributed by atoms with Gasteiger partial charge in [-0.15, -0.1) is 0 Å². The zero-order chi connectivity index (χ0) is 19.6. The van der Waals surface area contributed by atoms with Gasteiger partial charge in [0.15, 0.2) is 0 Å². The number of hydrogen-bond donors (Lipinski definition) is 1. The van der Waals surface area contributed by atoms with Crippen molar-refractivity contribution in [1.82, 2.24) is 4.90 Å². The summed E-state index contributed by atoms with van der Waals surface area (Å²) in [6.45, 7) is 4.48. The quantitative estimate of drug-likeness (QED) is 0.759. The van der Waals surface area contributed by atoms with Gasteiger partial charge in [-0.3, -0.25) is 14.4 Å². The normalized spacial score (nSPS) is 14.5. The van der Waals surface area contributed by atoms with Crippen LogP contribution >= 0.6 is 15.9 Å². The largest absolute Gasteiger partial charge is 0.325 e. The minimum absolute atomic E-state index is 0.151. The number of hydrogen-bond acceptors (Lipinski definition) is 3. The van der Waals surface area contributed by atoms with Crippen LogP contribution in [-0.2, 0) is 14.4 Å². The van der Waals surface area contributed by atoms with Crippen molar-refractivity contribution in [3.05, 3.63) is 58.1 Å². The monoisotopic (exact) mass is 429 g/mol. The topological polar surface area (TPSA) is 69.7 Å². The molecule has 0 radical (unpaired) electrons. The van der Waals surface area contributed by atoms with Crippen LogP contribution in [-0.4, -0.2) is 42.3 Å². The molecule has 0 aromatic heterocycles. The lowest BCUT2D eigenvalue weighted by molar-refractivity contribution is -0.147. The Hall–Kier alpha value is -2.67. The molecule has 140 valence electrons. The first-order chi connectivity index (χ1) is 12.8. The first-order valence-corrected chi connectivity index (χ1v) is 9.38. The van der Waals surface area contributed by atoms with Crippen LogP contribution in [0.2, 0.25) is 0 Å². The van der Waals surface area contributed by atoms with Gasteiger partial charge in [0.05, 0.1) is 0 Å². The average Bonchev–Trinajstić information content (AvgIpc) is 2.64. The van der Waals surface area contributed by atoms with Gasteiger partial charge < -0.3 is 15.1 Å². The van der Waals surface area contributed by atoms with Crippen molar-refractivity contribution in [2.24, 2.45) is 0 Å². The van der Waals surface area contributed by atoms with Crippen molar-refractivity contribution >= 4 is 45.0 Å². The fourth-order valence-corrected chi connectivity index (χ4v) is 3.14. The van der Waals surface area contributed by atoms with E-state index in [0.717, 1.165) is 15.6 Å². The number of nitrogens with one attached hydrogen (secondary N) is 1. The highest BCUT2D eigenvalue weighted by atomic mass is 79.9. The summed E-state index contributed by atoms with van der Waals surface area (Å²) in [5.41, 5.74) is 3.52. The Balaban J connectivity index is 1.64. The predicted molar refractivity (Wildman–Crippen MR) is 108 cm³/mol. The first kappa shape index (κ1) is 19.1. The second-order valence-electron chi connectivity index (χ2n) is 6.51. The van der Waals surface area contributed by atoms with Gasteiger partial charge in [-0.2, -0.15) is 0 Å². The van der Waals surface area contributed by atoms with Gasteiger partial charge in [0.2, 0.25) is 5.91 Å². The Labute approximate surface area is 166 Å². The van der Waals surface area contributed by atoms with E-state index in [1.54, 1.807) is 12.1 Å². The number of benzene rings is 2. The van der Waals surface area contributed by atoms with E-state index < -0.39 is 11.8 Å². The molecule has 2 aromatic rings. The third-order valence-electron chi connectivity index (χ3n) is 4.57. The van der Waals surface area contributed by atoms with E-state index in [1.807, 2.05) is 44.2 Å². The van der Waals surface area contributed by atoms with Crippen LogP contribution < -0.4 is 10.2 Å². The molecular weight excluding hydrogens is 410 g/mol. The van der Waals surface area contributed by atoms with Gasteiger partial charge in [0.25, 0.3) is 0 Å². The Morgan fingerprint density at radius 2 is 1.70 bits per heavy atom. The maximum absolute atomic E-state index is 12.5. The highest BCUT2D eigenvalue weighted by Crippen LogP contribution is 2.21. The zero-order valence-corrected chi connectivity index (χ0v) is 16.7. The minimum Gasteiger partial charge on any atom is -0.325 e. The summed E-state index contributed by atoms with van der Waals surface area (Å²) in [5, 5.41) is 2.73. The van der Waals surface area contributed by atoms with Crippen LogP contribution in [0, 0.1) is 13.8 Å². The van der Waals surface area contributed by atoms with E-state index >= 15 is 0 Å². The van der Waals surface area contributed by atoms with Crippen LogP contribution in [0.1, 0.15) is 11.1 Å². The second-order valence-corrected chi connectivity index (χ2v) is 7.42. The van der Waals surface area contributed by atoms with Crippen molar-refractivity contribution in [3.8, 4) is 0 Å². The van der Waals surface area contributed by atoms with Crippen molar-refractivity contribution in [2.75, 3.05) is 29.9 Å². The summed E-state index contributed by atoms with van der Waals surface area (Å²) in [5.74, 6) is -1.61. The van der Waals surface area contributed by atoms with Crippen molar-refractivity contribution < 1.29 is 14.4 Å². The van der Waals surface area contributed by atoms with Crippen LogP contribution in [0.25, 0.3) is 0 Å². The summed E-state index contributed by atoms with van der Waals surface area (Å²) in [6, 6.07) is 12.8. The van der Waals surface area contributed by atoms with Gasteiger partial charge in [-0.1, -0.05) is 22.0 Å². The second kappa shape index (κ2) is 7.92. The van der Waals surface area contributed by atoms with E-state index in [2.05, 4.69) is 21.2 Å². The molecule has 2 aromatic carbocycles. The maximum Gasteiger partial charge on any atom is 0.316 e. The molecule has 1 N–H and O–H groups in total. The van der Waals surface area contributed by atoms with Crippen LogP contribution in [0.5, 0.6) is 0 Å². The van der Waals surface area contributed by atoms with Gasteiger partial charge in [0.1, 0.15) is 6.54 Å². The fraction of sp³-hybridized carbons (Fsp3) is 0.250. The molecule has 0 aliphatic carbocycles. The van der Waals surface area contributed by atoms with E-state index in [0.29, 0.717) is 24.5 Å². The molecule has 0 spiro atoms. The molecule has 1 heterocycles. The Morgan fingerprint density at radius 1 is 1.00 bits per heavy atom. The zero-order valence-electron chi connectivity index (χ0n) is 15.2. The Bertz CT molecular complexity index is 896. The Kier molecular flexibility index (Phi) is 5.60. The molecule has 0 unspecified atom stereocenters. The molecule has 0 saturated carbocycles. The summed E-state index contributed by atoms with van der Waals surface area (Å²) < 4.78 is 0.906. The van der Waals surface area contributed by atoms with Gasteiger partial charge >= 0.3 is 11.8 Å². The number of aryl methyl sites for hydroxylation is 2. The molecule has 0 atom stereocenters. The van der Waals surface area contributed by atoms with Gasteiger partial charge in [0, 0.05) is 28.9 Å². The highest BCUT2D eigenvalue weighted by Gasteiger charge is 2.34. The molecule has 3 rings (SSSR count). The van der Waals surface area contributed by atoms with Gasteiger partial charge in [-0.05, 0) is 61.4 Å². The average molecular weight is 430 g/mol. The standard InChI is InChI=1S/C20H20BrN3O3/c1-13-3-8-17(11-14(13)2)24-10-9-23(19(26)20(24)27)12-18(25)22-16-6-4-15(21)5-7-16/h3-8,11H,9-10,12H2,1-2H3,(H,22,25). The van der Waals surface area contributed by atoms with Crippen LogP contribution in [0.4, 0.5) is 11.4 Å². The number of carbonyl (C=O) groups is 3. The Morgan fingerprint density at radius 3 is 2.37 bits per heavy atom. The lowest BCUT2D eigenvalue weighted by Gasteiger charge is -2.33. The predicted octanol–water partition coefficient (Wildman–Crippen LogP) is 2.88. The van der Waals surface area contributed by atoms with Crippen molar-refractivity contribution in [3.63, 3.8) is 0 Å². The van der Waals surface area contributed by atoms with E-state index in [-0.39, 0.29) is 12.5 Å². The number of amides is 3. The molecule has 1 fully saturated rings. The SMILES string of the molecule is Cc1ccc(N2CCN(CC(=O)Nc3ccc(Br)cc3)C(=O)C2=O)cc1C. The van der Waals surface area contributed by atoms with Crippen LogP contribution in [0.15, 0.2) is 46.9 Å². The van der Waals surface area contributed by atoms with Crippen molar-refractivity contribution in [2.45, 2.75) is 13.8 Å². The van der Waals surface area contributed by atoms with Gasteiger partial charge in [-0.25, -0.2) is 0 Å². The first-order valence-electron chi connectivity index (χ1n) is 8.58. The molecular formula is C20H20BrN3O3. The third-order valence-corrected chi connectivity index (χ3v) is 5.10. The molecule has 27 heavy (non-hydrogen) atoms. The molecule has 1 saturated heterocycles. The minimum atomic E-state index is -0.662. The molecule has 1 aliphatic heterocycles. The molecule has 3 amide bonds. The molecule has 1 aliphatic rings. The van der Waals surface area contributed by atoms with Crippen LogP contribution in [0.3, 0.4) is 0 Å². The summed E-state index contributed by atoms with van der Waals surface area (Å²) in [7, 11) is 0. The lowest BCUT2D eigenvalue weighted by atomic mass is 10.1.